The highest BCUT2D eigenvalue weighted by Gasteiger charge is 2.67. The Kier molecular flexibility index (Phi) is 3.87. The van der Waals surface area contributed by atoms with Gasteiger partial charge in [0.2, 0.25) is 5.91 Å². The van der Waals surface area contributed by atoms with Crippen LogP contribution in [0.4, 0.5) is 0 Å². The van der Waals surface area contributed by atoms with Gasteiger partial charge in [0.05, 0.1) is 5.57 Å². The van der Waals surface area contributed by atoms with E-state index in [9.17, 15) is 14.9 Å². The van der Waals surface area contributed by atoms with E-state index in [1.165, 1.54) is 0 Å². The molecule has 1 aliphatic heterocycles. The van der Waals surface area contributed by atoms with Crippen LogP contribution in [-0.2, 0) is 15.0 Å². The van der Waals surface area contributed by atoms with Crippen molar-refractivity contribution in [3.63, 3.8) is 0 Å². The van der Waals surface area contributed by atoms with Gasteiger partial charge in [0.15, 0.2) is 5.78 Å². The fourth-order valence-corrected chi connectivity index (χ4v) is 4.65. The molecule has 0 N–H and O–H groups in total. The van der Waals surface area contributed by atoms with E-state index < -0.39 is 16.2 Å². The Morgan fingerprint density at radius 1 is 1.16 bits per heavy atom. The average molecular weight is 336 g/mol. The molecular formula is C21H24N2O2. The maximum absolute atomic E-state index is 13.6. The lowest BCUT2D eigenvalue weighted by Gasteiger charge is -2.60. The molecule has 1 heterocycles. The minimum atomic E-state index is -0.995. The number of Topliss-reactive ketones (excluding diaryl/α,β-unsaturated/α-hetero) is 1. The molecule has 1 amide bonds. The summed E-state index contributed by atoms with van der Waals surface area (Å²) in [6.45, 7) is 9.01. The van der Waals surface area contributed by atoms with Gasteiger partial charge in [-0.25, -0.2) is 0 Å². The molecule has 0 radical (unpaired) electrons. The fraction of sp³-hybridized carbons (Fsp3) is 0.476. The van der Waals surface area contributed by atoms with Gasteiger partial charge in [0.25, 0.3) is 0 Å². The highest BCUT2D eigenvalue weighted by atomic mass is 16.2. The number of nitriles is 1. The number of carbonyl (C=O) groups is 2. The number of carbonyl (C=O) groups excluding carboxylic acids is 2. The molecule has 25 heavy (non-hydrogen) atoms. The first-order valence-corrected chi connectivity index (χ1v) is 8.79. The molecule has 1 aliphatic carbocycles. The summed E-state index contributed by atoms with van der Waals surface area (Å²) in [5, 5.41) is 9.57. The van der Waals surface area contributed by atoms with Crippen LogP contribution in [0.5, 0.6) is 0 Å². The molecule has 0 bridgehead atoms. The number of nitrogens with zero attached hydrogens (tertiary/aromatic N) is 2. The van der Waals surface area contributed by atoms with Crippen molar-refractivity contribution in [2.24, 2.45) is 10.8 Å². The van der Waals surface area contributed by atoms with Crippen LogP contribution in [-0.4, -0.2) is 29.7 Å². The van der Waals surface area contributed by atoms with Crippen LogP contribution in [0, 0.1) is 22.2 Å². The van der Waals surface area contributed by atoms with Gasteiger partial charge >= 0.3 is 0 Å². The van der Waals surface area contributed by atoms with Gasteiger partial charge in [0.1, 0.15) is 11.5 Å². The van der Waals surface area contributed by atoms with Crippen LogP contribution < -0.4 is 0 Å². The van der Waals surface area contributed by atoms with E-state index in [1.807, 2.05) is 69.0 Å². The van der Waals surface area contributed by atoms with Crippen LogP contribution in [0.3, 0.4) is 0 Å². The number of fused-ring (bicyclic) bond motifs is 1. The van der Waals surface area contributed by atoms with Gasteiger partial charge in [-0.3, -0.25) is 9.59 Å². The monoisotopic (exact) mass is 336 g/mol. The van der Waals surface area contributed by atoms with Gasteiger partial charge in [-0.05, 0) is 25.0 Å². The number of likely N-dealkylation sites (tertiary alicyclic amines) is 1. The number of allylic oxidation sites excluding steroid dienone is 1. The van der Waals surface area contributed by atoms with E-state index in [0.29, 0.717) is 13.1 Å². The number of ketones is 1. The topological polar surface area (TPSA) is 61.2 Å². The molecule has 0 saturated carbocycles. The maximum atomic E-state index is 13.6. The highest BCUT2D eigenvalue weighted by Crippen LogP contribution is 2.62. The van der Waals surface area contributed by atoms with E-state index in [2.05, 4.69) is 0 Å². The maximum Gasteiger partial charge on any atom is 0.237 e. The van der Waals surface area contributed by atoms with Crippen molar-refractivity contribution in [2.75, 3.05) is 13.1 Å². The largest absolute Gasteiger partial charge is 0.342 e. The first-order chi connectivity index (χ1) is 11.8. The van der Waals surface area contributed by atoms with Gasteiger partial charge < -0.3 is 4.90 Å². The van der Waals surface area contributed by atoms with E-state index in [4.69, 9.17) is 0 Å². The molecule has 1 aromatic rings. The molecule has 1 fully saturated rings. The van der Waals surface area contributed by atoms with Crippen LogP contribution in [0.25, 0.3) is 0 Å². The van der Waals surface area contributed by atoms with Crippen LogP contribution in [0.15, 0.2) is 42.0 Å². The minimum absolute atomic E-state index is 0.0109. The highest BCUT2D eigenvalue weighted by molar-refractivity contribution is 6.08. The summed E-state index contributed by atoms with van der Waals surface area (Å²) in [7, 11) is 0. The van der Waals surface area contributed by atoms with Crippen molar-refractivity contribution in [3.05, 3.63) is 47.5 Å². The van der Waals surface area contributed by atoms with Gasteiger partial charge in [0, 0.05) is 23.9 Å². The third kappa shape index (κ3) is 1.99. The normalized spacial score (nSPS) is 31.2. The van der Waals surface area contributed by atoms with Crippen molar-refractivity contribution in [2.45, 2.75) is 39.5 Å². The molecule has 0 aromatic heterocycles. The molecule has 4 nitrogen and oxygen atoms in total. The standard InChI is InChI=1S/C21H24N2O2/c1-5-23-12-11-20(4)19(2,3)17(24)15(14-22)13-21(20,18(23)25)16-9-7-6-8-10-16/h6-10,13H,5,11-12H2,1-4H3/t20-,21+/m0/s1. The Hall–Kier alpha value is -2.41. The zero-order valence-electron chi connectivity index (χ0n) is 15.3. The third-order valence-electron chi connectivity index (χ3n) is 6.66. The first-order valence-electron chi connectivity index (χ1n) is 8.79. The second kappa shape index (κ2) is 5.56. The fourth-order valence-electron chi connectivity index (χ4n) is 4.65. The van der Waals surface area contributed by atoms with E-state index in [1.54, 1.807) is 6.08 Å². The lowest BCUT2D eigenvalue weighted by molar-refractivity contribution is -0.159. The summed E-state index contributed by atoms with van der Waals surface area (Å²) < 4.78 is 0. The van der Waals surface area contributed by atoms with E-state index >= 15 is 0 Å². The molecule has 1 aromatic carbocycles. The van der Waals surface area contributed by atoms with Crippen LogP contribution >= 0.6 is 0 Å². The quantitative estimate of drug-likeness (QED) is 0.833. The zero-order chi connectivity index (χ0) is 18.5. The van der Waals surface area contributed by atoms with Crippen molar-refractivity contribution < 1.29 is 9.59 Å². The first kappa shape index (κ1) is 17.4. The Bertz CT molecular complexity index is 803. The molecular weight excluding hydrogens is 312 g/mol. The number of amides is 1. The Morgan fingerprint density at radius 3 is 2.36 bits per heavy atom. The predicted octanol–water partition coefficient (Wildman–Crippen LogP) is 3.24. The molecule has 0 spiro atoms. The number of hydrogen-bond acceptors (Lipinski definition) is 3. The van der Waals surface area contributed by atoms with Crippen molar-refractivity contribution >= 4 is 11.7 Å². The summed E-state index contributed by atoms with van der Waals surface area (Å²) in [6.07, 6.45) is 2.37. The van der Waals surface area contributed by atoms with Gasteiger partial charge in [-0.2, -0.15) is 5.26 Å². The van der Waals surface area contributed by atoms with Gasteiger partial charge in [-0.15, -0.1) is 0 Å². The summed E-state index contributed by atoms with van der Waals surface area (Å²) in [5.41, 5.74) is -1.45. The zero-order valence-corrected chi connectivity index (χ0v) is 15.3. The Morgan fingerprint density at radius 2 is 1.80 bits per heavy atom. The van der Waals surface area contributed by atoms with E-state index in [0.717, 1.165) is 12.0 Å². The number of benzene rings is 1. The average Bonchev–Trinajstić information content (AvgIpc) is 2.61. The summed E-state index contributed by atoms with van der Waals surface area (Å²) in [4.78, 5) is 28.4. The molecule has 4 heteroatoms. The number of piperidine rings is 1. The molecule has 130 valence electrons. The Labute approximate surface area is 149 Å². The van der Waals surface area contributed by atoms with E-state index in [-0.39, 0.29) is 17.3 Å². The van der Waals surface area contributed by atoms with Crippen LogP contribution in [0.2, 0.25) is 0 Å². The summed E-state index contributed by atoms with van der Waals surface area (Å²) >= 11 is 0. The third-order valence-corrected chi connectivity index (χ3v) is 6.66. The predicted molar refractivity (Wildman–Crippen MR) is 95.6 cm³/mol. The van der Waals surface area contributed by atoms with Crippen molar-refractivity contribution in [1.82, 2.24) is 4.90 Å². The summed E-state index contributed by atoms with van der Waals surface area (Å²) in [6, 6.07) is 11.7. The van der Waals surface area contributed by atoms with Crippen molar-refractivity contribution in [1.29, 1.82) is 5.26 Å². The number of rotatable bonds is 2. The lowest BCUT2D eigenvalue weighted by atomic mass is 9.43. The molecule has 2 aliphatic rings. The SMILES string of the molecule is CCN1CC[C@@]2(C)C(C)(C)C(=O)C(C#N)=C[C@@]2(c2ccccc2)C1=O. The van der Waals surface area contributed by atoms with Gasteiger partial charge in [-0.1, -0.05) is 51.1 Å². The molecule has 0 unspecified atom stereocenters. The van der Waals surface area contributed by atoms with Crippen LogP contribution in [0.1, 0.15) is 39.7 Å². The number of likely N-dealkylation sites (N-methyl/N-ethyl adjacent to an activating group) is 1. The molecule has 3 rings (SSSR count). The minimum Gasteiger partial charge on any atom is -0.342 e. The summed E-state index contributed by atoms with van der Waals surface area (Å²) in [5.74, 6) is -0.176. The number of hydrogen-bond donors (Lipinski definition) is 0. The second-order valence-electron chi connectivity index (χ2n) is 7.76. The molecule has 1 saturated heterocycles. The second-order valence-corrected chi connectivity index (χ2v) is 7.76. The lowest BCUT2D eigenvalue weighted by Crippen LogP contribution is -2.68. The van der Waals surface area contributed by atoms with Crippen molar-refractivity contribution in [3.8, 4) is 6.07 Å². The molecule has 2 atom stereocenters. The smallest absolute Gasteiger partial charge is 0.237 e. The Balaban J connectivity index is 2.42.